The van der Waals surface area contributed by atoms with E-state index in [-0.39, 0.29) is 6.61 Å². The molecule has 1 aromatic carbocycles. The number of aliphatic hydroxyl groups excluding tert-OH is 1. The minimum absolute atomic E-state index is 0.0963. The van der Waals surface area contributed by atoms with Gasteiger partial charge in [0.05, 0.1) is 6.61 Å². The summed E-state index contributed by atoms with van der Waals surface area (Å²) >= 11 is 0. The van der Waals surface area contributed by atoms with E-state index in [1.165, 1.54) is 5.56 Å². The van der Waals surface area contributed by atoms with Crippen LogP contribution in [0.25, 0.3) is 0 Å². The second-order valence-electron chi connectivity index (χ2n) is 4.24. The first-order chi connectivity index (χ1) is 8.78. The van der Waals surface area contributed by atoms with Gasteiger partial charge in [-0.2, -0.15) is 5.10 Å². The molecule has 0 unspecified atom stereocenters. The van der Waals surface area contributed by atoms with E-state index in [0.717, 1.165) is 30.9 Å². The monoisotopic (exact) mass is 246 g/mol. The van der Waals surface area contributed by atoms with Gasteiger partial charge in [-0.25, -0.2) is 4.98 Å². The second-order valence-corrected chi connectivity index (χ2v) is 4.24. The standard InChI is InChI=1S/C13H18N4O/c1-17-10-15-13(16-17)6-7-14-8-11-2-4-12(9-18)5-3-11/h2-5,10,14,18H,6-9H2,1H3. The summed E-state index contributed by atoms with van der Waals surface area (Å²) in [4.78, 5) is 4.17. The van der Waals surface area contributed by atoms with Crippen LogP contribution in [0.1, 0.15) is 17.0 Å². The van der Waals surface area contributed by atoms with Crippen molar-refractivity contribution in [2.45, 2.75) is 19.6 Å². The number of hydrogen-bond donors (Lipinski definition) is 2. The summed E-state index contributed by atoms with van der Waals surface area (Å²) in [6.45, 7) is 1.77. The number of aryl methyl sites for hydroxylation is 1. The highest BCUT2D eigenvalue weighted by Gasteiger charge is 1.98. The van der Waals surface area contributed by atoms with E-state index in [2.05, 4.69) is 15.4 Å². The number of benzene rings is 1. The van der Waals surface area contributed by atoms with Gasteiger partial charge >= 0.3 is 0 Å². The Labute approximate surface area is 106 Å². The Morgan fingerprint density at radius 3 is 2.56 bits per heavy atom. The molecule has 0 spiro atoms. The van der Waals surface area contributed by atoms with Crippen molar-refractivity contribution in [3.8, 4) is 0 Å². The molecule has 0 saturated heterocycles. The van der Waals surface area contributed by atoms with Gasteiger partial charge in [-0.3, -0.25) is 4.68 Å². The van der Waals surface area contributed by atoms with E-state index in [1.807, 2.05) is 31.3 Å². The topological polar surface area (TPSA) is 63.0 Å². The molecular weight excluding hydrogens is 228 g/mol. The van der Waals surface area contributed by atoms with Crippen molar-refractivity contribution in [1.82, 2.24) is 20.1 Å². The van der Waals surface area contributed by atoms with Crippen molar-refractivity contribution in [2.24, 2.45) is 7.05 Å². The van der Waals surface area contributed by atoms with Gasteiger partial charge in [-0.1, -0.05) is 24.3 Å². The van der Waals surface area contributed by atoms with Gasteiger partial charge in [-0.15, -0.1) is 0 Å². The Hall–Kier alpha value is -1.72. The number of rotatable bonds is 6. The van der Waals surface area contributed by atoms with Crippen LogP contribution in [0.15, 0.2) is 30.6 Å². The third-order valence-corrected chi connectivity index (χ3v) is 2.71. The fourth-order valence-electron chi connectivity index (χ4n) is 1.69. The molecule has 0 aliphatic carbocycles. The van der Waals surface area contributed by atoms with E-state index in [4.69, 9.17) is 5.11 Å². The van der Waals surface area contributed by atoms with Crippen LogP contribution in [0.5, 0.6) is 0 Å². The summed E-state index contributed by atoms with van der Waals surface area (Å²) in [5.74, 6) is 0.862. The quantitative estimate of drug-likeness (QED) is 0.734. The Morgan fingerprint density at radius 2 is 1.94 bits per heavy atom. The Morgan fingerprint density at radius 1 is 1.22 bits per heavy atom. The summed E-state index contributed by atoms with van der Waals surface area (Å²) in [5, 5.41) is 16.5. The summed E-state index contributed by atoms with van der Waals surface area (Å²) in [7, 11) is 1.87. The van der Waals surface area contributed by atoms with Crippen molar-refractivity contribution >= 4 is 0 Å². The average molecular weight is 246 g/mol. The van der Waals surface area contributed by atoms with Gasteiger partial charge in [0.15, 0.2) is 5.82 Å². The van der Waals surface area contributed by atoms with E-state index < -0.39 is 0 Å². The molecule has 0 aliphatic rings. The van der Waals surface area contributed by atoms with Crippen LogP contribution < -0.4 is 5.32 Å². The largest absolute Gasteiger partial charge is 0.392 e. The van der Waals surface area contributed by atoms with Crippen molar-refractivity contribution in [2.75, 3.05) is 6.54 Å². The lowest BCUT2D eigenvalue weighted by Crippen LogP contribution is -2.17. The molecule has 0 atom stereocenters. The molecule has 2 rings (SSSR count). The SMILES string of the molecule is Cn1cnc(CCNCc2ccc(CO)cc2)n1. The van der Waals surface area contributed by atoms with Gasteiger partial charge in [-0.05, 0) is 11.1 Å². The van der Waals surface area contributed by atoms with Crippen molar-refractivity contribution in [1.29, 1.82) is 0 Å². The molecule has 0 radical (unpaired) electrons. The number of nitrogens with zero attached hydrogens (tertiary/aromatic N) is 3. The summed E-state index contributed by atoms with van der Waals surface area (Å²) in [6.07, 6.45) is 2.54. The predicted molar refractivity (Wildman–Crippen MR) is 68.8 cm³/mol. The van der Waals surface area contributed by atoms with Crippen LogP contribution in [0.3, 0.4) is 0 Å². The Bertz CT molecular complexity index is 478. The highest BCUT2D eigenvalue weighted by atomic mass is 16.3. The first-order valence-electron chi connectivity index (χ1n) is 6.02. The summed E-state index contributed by atoms with van der Waals surface area (Å²) in [5.41, 5.74) is 2.15. The maximum atomic E-state index is 8.94. The van der Waals surface area contributed by atoms with Crippen LogP contribution in [-0.4, -0.2) is 26.4 Å². The van der Waals surface area contributed by atoms with E-state index >= 15 is 0 Å². The Kier molecular flexibility index (Phi) is 4.44. The van der Waals surface area contributed by atoms with Crippen LogP contribution in [0, 0.1) is 0 Å². The predicted octanol–water partition coefficient (Wildman–Crippen LogP) is 0.640. The van der Waals surface area contributed by atoms with Crippen LogP contribution in [0.4, 0.5) is 0 Å². The molecule has 5 heteroatoms. The molecule has 18 heavy (non-hydrogen) atoms. The summed E-state index contributed by atoms with van der Waals surface area (Å²) < 4.78 is 1.71. The van der Waals surface area contributed by atoms with Gasteiger partial charge in [0.2, 0.25) is 0 Å². The molecule has 2 N–H and O–H groups in total. The van der Waals surface area contributed by atoms with E-state index in [1.54, 1.807) is 11.0 Å². The van der Waals surface area contributed by atoms with Gasteiger partial charge in [0.1, 0.15) is 6.33 Å². The zero-order valence-corrected chi connectivity index (χ0v) is 10.5. The van der Waals surface area contributed by atoms with Crippen LogP contribution in [0.2, 0.25) is 0 Å². The molecule has 0 bridgehead atoms. The summed E-state index contributed by atoms with van der Waals surface area (Å²) in [6, 6.07) is 7.93. The van der Waals surface area contributed by atoms with Crippen LogP contribution >= 0.6 is 0 Å². The van der Waals surface area contributed by atoms with Gasteiger partial charge in [0, 0.05) is 26.6 Å². The number of aliphatic hydroxyl groups is 1. The van der Waals surface area contributed by atoms with Gasteiger partial charge in [0.25, 0.3) is 0 Å². The molecule has 1 aromatic heterocycles. The number of hydrogen-bond acceptors (Lipinski definition) is 4. The maximum Gasteiger partial charge on any atom is 0.151 e. The molecule has 1 heterocycles. The van der Waals surface area contributed by atoms with Crippen LogP contribution in [-0.2, 0) is 26.6 Å². The molecule has 0 saturated carbocycles. The lowest BCUT2D eigenvalue weighted by Gasteiger charge is -2.04. The zero-order chi connectivity index (χ0) is 12.8. The maximum absolute atomic E-state index is 8.94. The molecule has 0 fully saturated rings. The second kappa shape index (κ2) is 6.28. The number of nitrogens with one attached hydrogen (secondary N) is 1. The third-order valence-electron chi connectivity index (χ3n) is 2.71. The highest BCUT2D eigenvalue weighted by Crippen LogP contribution is 2.03. The van der Waals surface area contributed by atoms with E-state index in [0.29, 0.717) is 0 Å². The minimum Gasteiger partial charge on any atom is -0.392 e. The first-order valence-corrected chi connectivity index (χ1v) is 6.02. The lowest BCUT2D eigenvalue weighted by atomic mass is 10.1. The molecule has 96 valence electrons. The highest BCUT2D eigenvalue weighted by molar-refractivity contribution is 5.21. The number of aromatic nitrogens is 3. The smallest absolute Gasteiger partial charge is 0.151 e. The minimum atomic E-state index is 0.0963. The molecular formula is C13H18N4O. The van der Waals surface area contributed by atoms with Crippen molar-refractivity contribution in [3.05, 3.63) is 47.5 Å². The van der Waals surface area contributed by atoms with Crippen molar-refractivity contribution < 1.29 is 5.11 Å². The third kappa shape index (κ3) is 3.65. The van der Waals surface area contributed by atoms with E-state index in [9.17, 15) is 0 Å². The fourth-order valence-corrected chi connectivity index (χ4v) is 1.69. The zero-order valence-electron chi connectivity index (χ0n) is 10.5. The molecule has 0 aliphatic heterocycles. The molecule has 5 nitrogen and oxygen atoms in total. The molecule has 2 aromatic rings. The molecule has 0 amide bonds. The van der Waals surface area contributed by atoms with Gasteiger partial charge < -0.3 is 10.4 Å². The fraction of sp³-hybridized carbons (Fsp3) is 0.385. The Balaban J connectivity index is 1.71. The first kappa shape index (κ1) is 12.7. The average Bonchev–Trinajstić information content (AvgIpc) is 2.81. The lowest BCUT2D eigenvalue weighted by molar-refractivity contribution is 0.282. The van der Waals surface area contributed by atoms with Crippen molar-refractivity contribution in [3.63, 3.8) is 0 Å². The normalized spacial score (nSPS) is 10.8.